The highest BCUT2D eigenvalue weighted by atomic mass is 35.5. The van der Waals surface area contributed by atoms with Crippen LogP contribution in [0.25, 0.3) is 0 Å². The van der Waals surface area contributed by atoms with Gasteiger partial charge in [-0.25, -0.2) is 9.13 Å². The third kappa shape index (κ3) is 6.26. The van der Waals surface area contributed by atoms with Crippen LogP contribution in [-0.4, -0.2) is 19.6 Å². The van der Waals surface area contributed by atoms with Gasteiger partial charge in [0.2, 0.25) is 12.7 Å². The van der Waals surface area contributed by atoms with Crippen LogP contribution in [0.1, 0.15) is 22.3 Å². The summed E-state index contributed by atoms with van der Waals surface area (Å²) in [4.78, 5) is 0. The van der Waals surface area contributed by atoms with Crippen LogP contribution in [0.5, 0.6) is 0 Å². The van der Waals surface area contributed by atoms with E-state index in [1.54, 1.807) is 12.1 Å². The van der Waals surface area contributed by atoms with Crippen molar-refractivity contribution >= 4 is 46.4 Å². The fourth-order valence-electron chi connectivity index (χ4n) is 3.87. The Kier molecular flexibility index (Phi) is 7.58. The summed E-state index contributed by atoms with van der Waals surface area (Å²) in [6.07, 6.45) is 7.57. The molecular weight excluding hydrogens is 538 g/mol. The molecule has 0 bridgehead atoms. The number of nitrogens with zero attached hydrogens (tertiary/aromatic N) is 6. The minimum atomic E-state index is 0.580. The standard InChI is InChI=1S/C26H22Cl4N6/c27-23-7-5-21(25(29)9-23)13-35-17-33(15-31-35)11-19-1-2-20(4-3-19)12-34-16-32-36(18-34)14-22-6-8-24(28)10-26(22)30/h1-10,15-18H,11-14H2/q+2. The molecule has 3 aromatic carbocycles. The van der Waals surface area contributed by atoms with Crippen LogP contribution in [0.3, 0.4) is 0 Å². The first-order valence-electron chi connectivity index (χ1n) is 11.2. The summed E-state index contributed by atoms with van der Waals surface area (Å²) < 4.78 is 7.79. The maximum absolute atomic E-state index is 6.29. The van der Waals surface area contributed by atoms with Gasteiger partial charge in [0.1, 0.15) is 13.1 Å². The zero-order valence-electron chi connectivity index (χ0n) is 19.1. The number of halogens is 4. The van der Waals surface area contributed by atoms with Crippen molar-refractivity contribution in [3.8, 4) is 0 Å². The Morgan fingerprint density at radius 1 is 0.583 bits per heavy atom. The predicted octanol–water partition coefficient (Wildman–Crippen LogP) is 5.46. The fourth-order valence-corrected chi connectivity index (χ4v) is 4.81. The van der Waals surface area contributed by atoms with Crippen molar-refractivity contribution in [2.24, 2.45) is 0 Å². The van der Waals surface area contributed by atoms with Gasteiger partial charge in [-0.05, 0) is 35.4 Å². The lowest BCUT2D eigenvalue weighted by molar-refractivity contribution is -0.689. The number of rotatable bonds is 8. The van der Waals surface area contributed by atoms with Crippen LogP contribution in [0.15, 0.2) is 86.0 Å². The highest BCUT2D eigenvalue weighted by Crippen LogP contribution is 2.22. The minimum absolute atomic E-state index is 0.580. The topological polar surface area (TPSA) is 43.4 Å². The average molecular weight is 560 g/mol. The summed E-state index contributed by atoms with van der Waals surface area (Å²) in [7, 11) is 0. The summed E-state index contributed by atoms with van der Waals surface area (Å²) in [5.74, 6) is 0. The lowest BCUT2D eigenvalue weighted by Crippen LogP contribution is -2.32. The Bertz CT molecular complexity index is 1380. The molecule has 0 radical (unpaired) electrons. The summed E-state index contributed by atoms with van der Waals surface area (Å²) in [6.45, 7) is 2.61. The molecule has 0 unspecified atom stereocenters. The van der Waals surface area contributed by atoms with Crippen molar-refractivity contribution in [2.45, 2.75) is 26.2 Å². The molecule has 6 nitrogen and oxygen atoms in total. The van der Waals surface area contributed by atoms with Crippen LogP contribution in [-0.2, 0) is 26.2 Å². The third-order valence-electron chi connectivity index (χ3n) is 5.71. The molecule has 0 saturated carbocycles. The monoisotopic (exact) mass is 558 g/mol. The van der Waals surface area contributed by atoms with Crippen molar-refractivity contribution < 1.29 is 9.13 Å². The molecule has 0 saturated heterocycles. The van der Waals surface area contributed by atoms with E-state index in [0.717, 1.165) is 24.2 Å². The van der Waals surface area contributed by atoms with Gasteiger partial charge in [0.25, 0.3) is 12.7 Å². The van der Waals surface area contributed by atoms with Gasteiger partial charge in [0, 0.05) is 41.4 Å². The molecule has 2 aromatic heterocycles. The summed E-state index contributed by atoms with van der Waals surface area (Å²) in [6, 6.07) is 19.5. The van der Waals surface area contributed by atoms with Crippen molar-refractivity contribution in [3.05, 3.63) is 128 Å². The summed E-state index contributed by atoms with van der Waals surface area (Å²) >= 11 is 24.6. The molecule has 0 aliphatic rings. The number of hydrogen-bond donors (Lipinski definition) is 0. The van der Waals surface area contributed by atoms with E-state index in [4.69, 9.17) is 46.4 Å². The van der Waals surface area contributed by atoms with E-state index in [2.05, 4.69) is 34.5 Å². The zero-order valence-corrected chi connectivity index (χ0v) is 22.1. The molecule has 5 aromatic rings. The Hall–Kier alpha value is -2.90. The largest absolute Gasteiger partial charge is 0.265 e. The molecular formula is C26H22Cl4N6+2. The van der Waals surface area contributed by atoms with E-state index in [-0.39, 0.29) is 0 Å². The SMILES string of the molecule is Clc1ccc(Cn2c[n+](Cc3ccc(C[n+]4cnn(Cc5ccc(Cl)cc5Cl)c4)cc3)cn2)c(Cl)c1. The quantitative estimate of drug-likeness (QED) is 0.237. The maximum atomic E-state index is 6.29. The van der Waals surface area contributed by atoms with Gasteiger partial charge in [-0.3, -0.25) is 0 Å². The first-order valence-corrected chi connectivity index (χ1v) is 12.7. The molecule has 0 fully saturated rings. The average Bonchev–Trinajstić information content (AvgIpc) is 3.48. The second-order valence-corrected chi connectivity index (χ2v) is 10.2. The molecule has 36 heavy (non-hydrogen) atoms. The van der Waals surface area contributed by atoms with Gasteiger partial charge in [-0.2, -0.15) is 0 Å². The van der Waals surface area contributed by atoms with Crippen molar-refractivity contribution in [1.82, 2.24) is 19.6 Å². The van der Waals surface area contributed by atoms with E-state index in [1.807, 2.05) is 68.1 Å². The molecule has 0 atom stereocenters. The molecule has 2 heterocycles. The van der Waals surface area contributed by atoms with Crippen molar-refractivity contribution in [2.75, 3.05) is 0 Å². The Labute approximate surface area is 228 Å². The van der Waals surface area contributed by atoms with E-state index < -0.39 is 0 Å². The van der Waals surface area contributed by atoms with Gasteiger partial charge >= 0.3 is 0 Å². The number of hydrogen-bond acceptors (Lipinski definition) is 2. The summed E-state index contributed by atoms with van der Waals surface area (Å²) in [5.41, 5.74) is 4.31. The lowest BCUT2D eigenvalue weighted by atomic mass is 10.1. The highest BCUT2D eigenvalue weighted by molar-refractivity contribution is 6.35. The number of aromatic nitrogens is 6. The molecule has 182 valence electrons. The Balaban J connectivity index is 1.18. The van der Waals surface area contributed by atoms with E-state index in [9.17, 15) is 0 Å². The molecule has 0 N–H and O–H groups in total. The predicted molar refractivity (Wildman–Crippen MR) is 141 cm³/mol. The molecule has 10 heteroatoms. The van der Waals surface area contributed by atoms with Gasteiger partial charge in [0.05, 0.1) is 13.1 Å². The summed E-state index contributed by atoms with van der Waals surface area (Å²) in [5, 5.41) is 11.4. The third-order valence-corrected chi connectivity index (χ3v) is 6.88. The first kappa shape index (κ1) is 24.8. The lowest BCUT2D eigenvalue weighted by Gasteiger charge is -2.02. The number of benzene rings is 3. The normalized spacial score (nSPS) is 11.2. The second kappa shape index (κ2) is 11.0. The minimum Gasteiger partial charge on any atom is -0.233 e. The van der Waals surface area contributed by atoms with E-state index >= 15 is 0 Å². The highest BCUT2D eigenvalue weighted by Gasteiger charge is 2.12. The molecule has 0 aliphatic heterocycles. The smallest absolute Gasteiger partial charge is 0.233 e. The Morgan fingerprint density at radius 2 is 1.00 bits per heavy atom. The maximum Gasteiger partial charge on any atom is 0.265 e. The molecule has 0 spiro atoms. The van der Waals surface area contributed by atoms with Crippen LogP contribution in [0.2, 0.25) is 20.1 Å². The van der Waals surface area contributed by atoms with Crippen molar-refractivity contribution in [3.63, 3.8) is 0 Å². The van der Waals surface area contributed by atoms with Gasteiger partial charge in [-0.1, -0.05) is 82.8 Å². The molecule has 5 rings (SSSR count). The van der Waals surface area contributed by atoms with Gasteiger partial charge in [0.15, 0.2) is 0 Å². The molecule has 0 aliphatic carbocycles. The first-order chi connectivity index (χ1) is 17.4. The van der Waals surface area contributed by atoms with Crippen molar-refractivity contribution in [1.29, 1.82) is 0 Å². The van der Waals surface area contributed by atoms with E-state index in [0.29, 0.717) is 33.2 Å². The van der Waals surface area contributed by atoms with E-state index in [1.165, 1.54) is 11.1 Å². The second-order valence-electron chi connectivity index (χ2n) is 8.52. The zero-order chi connectivity index (χ0) is 25.1. The van der Waals surface area contributed by atoms with Gasteiger partial charge < -0.3 is 0 Å². The van der Waals surface area contributed by atoms with Crippen LogP contribution in [0, 0.1) is 0 Å². The molecule has 0 amide bonds. The van der Waals surface area contributed by atoms with Crippen LogP contribution >= 0.6 is 46.4 Å². The van der Waals surface area contributed by atoms with Crippen LogP contribution < -0.4 is 9.13 Å². The van der Waals surface area contributed by atoms with Gasteiger partial charge in [-0.15, -0.1) is 9.36 Å². The van der Waals surface area contributed by atoms with Crippen LogP contribution in [0.4, 0.5) is 0 Å². The Morgan fingerprint density at radius 3 is 1.39 bits per heavy atom. The fraction of sp³-hybridized carbons (Fsp3) is 0.154.